The van der Waals surface area contributed by atoms with Crippen LogP contribution in [0.5, 0.6) is 0 Å². The predicted octanol–water partition coefficient (Wildman–Crippen LogP) is 3.94. The van der Waals surface area contributed by atoms with Gasteiger partial charge in [-0.15, -0.1) is 0 Å². The number of nitrogens with one attached hydrogen (secondary N) is 1. The maximum atomic E-state index is 9.83. The molecule has 0 amide bonds. The van der Waals surface area contributed by atoms with Crippen molar-refractivity contribution in [2.45, 2.75) is 38.6 Å². The van der Waals surface area contributed by atoms with Gasteiger partial charge < -0.3 is 10.4 Å². The van der Waals surface area contributed by atoms with Crippen LogP contribution < -0.4 is 5.32 Å². The molecule has 0 aromatic heterocycles. The lowest BCUT2D eigenvalue weighted by atomic mass is 9.70. The zero-order valence-corrected chi connectivity index (χ0v) is 11.9. The van der Waals surface area contributed by atoms with Gasteiger partial charge in [0.2, 0.25) is 0 Å². The van der Waals surface area contributed by atoms with Crippen LogP contribution in [0.2, 0.25) is 5.02 Å². The molecule has 0 heterocycles. The average Bonchev–Trinajstić information content (AvgIpc) is 2.36. The van der Waals surface area contributed by atoms with Gasteiger partial charge >= 0.3 is 0 Å². The Labute approximate surface area is 114 Å². The Kier molecular flexibility index (Phi) is 4.18. The van der Waals surface area contributed by atoms with Crippen molar-refractivity contribution in [2.75, 3.05) is 11.9 Å². The first-order valence-electron chi connectivity index (χ1n) is 6.70. The van der Waals surface area contributed by atoms with Crippen LogP contribution in [-0.2, 0) is 0 Å². The van der Waals surface area contributed by atoms with E-state index >= 15 is 0 Å². The summed E-state index contributed by atoms with van der Waals surface area (Å²) in [5.41, 5.74) is 0.857. The quantitative estimate of drug-likeness (QED) is 0.869. The van der Waals surface area contributed by atoms with Crippen LogP contribution in [0.25, 0.3) is 0 Å². The molecule has 0 aliphatic heterocycles. The van der Waals surface area contributed by atoms with Gasteiger partial charge in [0.15, 0.2) is 0 Å². The van der Waals surface area contributed by atoms with Crippen LogP contribution in [0.1, 0.15) is 33.1 Å². The van der Waals surface area contributed by atoms with Crippen molar-refractivity contribution in [3.63, 3.8) is 0 Å². The molecule has 18 heavy (non-hydrogen) atoms. The monoisotopic (exact) mass is 267 g/mol. The summed E-state index contributed by atoms with van der Waals surface area (Å²) in [4.78, 5) is 0. The fraction of sp³-hybridized carbons (Fsp3) is 0.600. The normalized spacial score (nSPS) is 32.2. The van der Waals surface area contributed by atoms with Crippen LogP contribution in [0, 0.1) is 11.8 Å². The molecule has 1 aliphatic carbocycles. The molecule has 3 heteroatoms. The summed E-state index contributed by atoms with van der Waals surface area (Å²) in [6, 6.07) is 7.71. The highest BCUT2D eigenvalue weighted by atomic mass is 35.5. The minimum Gasteiger partial charge on any atom is -0.394 e. The first-order valence-corrected chi connectivity index (χ1v) is 7.08. The number of benzene rings is 1. The summed E-state index contributed by atoms with van der Waals surface area (Å²) in [6.45, 7) is 4.71. The van der Waals surface area contributed by atoms with E-state index in [0.717, 1.165) is 23.0 Å². The molecule has 0 saturated heterocycles. The van der Waals surface area contributed by atoms with Crippen molar-refractivity contribution in [2.24, 2.45) is 11.8 Å². The average molecular weight is 268 g/mol. The summed E-state index contributed by atoms with van der Waals surface area (Å²) in [7, 11) is 0. The third-order valence-corrected chi connectivity index (χ3v) is 4.55. The van der Waals surface area contributed by atoms with Gasteiger partial charge in [-0.3, -0.25) is 0 Å². The van der Waals surface area contributed by atoms with E-state index in [1.165, 1.54) is 12.8 Å². The molecule has 2 rings (SSSR count). The highest BCUT2D eigenvalue weighted by Gasteiger charge is 2.39. The summed E-state index contributed by atoms with van der Waals surface area (Å²) in [5.74, 6) is 1.23. The van der Waals surface area contributed by atoms with Gasteiger partial charge in [0, 0.05) is 10.7 Å². The molecule has 0 radical (unpaired) electrons. The highest BCUT2D eigenvalue weighted by molar-refractivity contribution is 6.30. The van der Waals surface area contributed by atoms with Crippen molar-refractivity contribution >= 4 is 17.3 Å². The van der Waals surface area contributed by atoms with E-state index in [1.807, 2.05) is 24.3 Å². The molecular weight excluding hydrogens is 246 g/mol. The first-order chi connectivity index (χ1) is 8.55. The largest absolute Gasteiger partial charge is 0.394 e. The second-order valence-corrected chi connectivity index (χ2v) is 6.16. The first kappa shape index (κ1) is 13.7. The Bertz CT molecular complexity index is 392. The van der Waals surface area contributed by atoms with Gasteiger partial charge in [-0.05, 0) is 55.4 Å². The van der Waals surface area contributed by atoms with Crippen molar-refractivity contribution in [1.82, 2.24) is 0 Å². The molecule has 1 aromatic carbocycles. The third kappa shape index (κ3) is 2.81. The van der Waals surface area contributed by atoms with Crippen molar-refractivity contribution in [1.29, 1.82) is 0 Å². The fourth-order valence-corrected chi connectivity index (χ4v) is 3.10. The molecule has 3 atom stereocenters. The van der Waals surface area contributed by atoms with Crippen LogP contribution in [0.15, 0.2) is 24.3 Å². The van der Waals surface area contributed by atoms with Crippen LogP contribution in [0.3, 0.4) is 0 Å². The maximum Gasteiger partial charge on any atom is 0.0664 e. The third-order valence-electron chi connectivity index (χ3n) is 4.30. The Morgan fingerprint density at radius 1 is 1.33 bits per heavy atom. The van der Waals surface area contributed by atoms with Crippen molar-refractivity contribution in [3.05, 3.63) is 29.3 Å². The van der Waals surface area contributed by atoms with E-state index in [9.17, 15) is 5.11 Å². The number of aliphatic hydroxyl groups excluding tert-OH is 1. The summed E-state index contributed by atoms with van der Waals surface area (Å²) in [6.07, 6.45) is 3.36. The maximum absolute atomic E-state index is 9.83. The summed E-state index contributed by atoms with van der Waals surface area (Å²) in [5, 5.41) is 14.1. The van der Waals surface area contributed by atoms with E-state index < -0.39 is 0 Å². The van der Waals surface area contributed by atoms with Crippen LogP contribution in [0.4, 0.5) is 5.69 Å². The lowest BCUT2D eigenvalue weighted by molar-refractivity contribution is 0.106. The SMILES string of the molecule is CC1CCC(CO)(Nc2ccc(Cl)cc2)C(C)C1. The molecule has 1 aromatic rings. The summed E-state index contributed by atoms with van der Waals surface area (Å²) < 4.78 is 0. The number of hydrogen-bond donors (Lipinski definition) is 2. The Morgan fingerprint density at radius 2 is 2.00 bits per heavy atom. The molecule has 1 fully saturated rings. The van der Waals surface area contributed by atoms with Gasteiger partial charge in [-0.25, -0.2) is 0 Å². The predicted molar refractivity (Wildman–Crippen MR) is 77.1 cm³/mol. The Balaban J connectivity index is 2.15. The van der Waals surface area contributed by atoms with E-state index in [-0.39, 0.29) is 12.1 Å². The van der Waals surface area contributed by atoms with Crippen LogP contribution in [-0.4, -0.2) is 17.3 Å². The lowest BCUT2D eigenvalue weighted by Gasteiger charge is -2.45. The number of rotatable bonds is 3. The van der Waals surface area contributed by atoms with Gasteiger partial charge in [0.25, 0.3) is 0 Å². The molecular formula is C15H22ClNO. The standard InChI is InChI=1S/C15H22ClNO/c1-11-7-8-15(10-18,12(2)9-11)17-14-5-3-13(16)4-6-14/h3-6,11-12,17-18H,7-10H2,1-2H3. The zero-order valence-electron chi connectivity index (χ0n) is 11.1. The molecule has 1 saturated carbocycles. The van der Waals surface area contributed by atoms with Gasteiger partial charge in [-0.2, -0.15) is 0 Å². The van der Waals surface area contributed by atoms with E-state index in [4.69, 9.17) is 11.6 Å². The van der Waals surface area contributed by atoms with Crippen LogP contribution >= 0.6 is 11.6 Å². The van der Waals surface area contributed by atoms with E-state index in [2.05, 4.69) is 19.2 Å². The second kappa shape index (κ2) is 5.50. The molecule has 2 N–H and O–H groups in total. The molecule has 100 valence electrons. The number of aliphatic hydroxyl groups is 1. The smallest absolute Gasteiger partial charge is 0.0664 e. The number of hydrogen-bond acceptors (Lipinski definition) is 2. The topological polar surface area (TPSA) is 32.3 Å². The minimum absolute atomic E-state index is 0.180. The lowest BCUT2D eigenvalue weighted by Crippen LogP contribution is -2.51. The van der Waals surface area contributed by atoms with Gasteiger partial charge in [-0.1, -0.05) is 25.4 Å². The van der Waals surface area contributed by atoms with Crippen molar-refractivity contribution in [3.8, 4) is 0 Å². The molecule has 0 spiro atoms. The minimum atomic E-state index is -0.180. The van der Waals surface area contributed by atoms with Gasteiger partial charge in [0.1, 0.15) is 0 Å². The van der Waals surface area contributed by atoms with E-state index in [0.29, 0.717) is 5.92 Å². The molecule has 1 aliphatic rings. The Morgan fingerprint density at radius 3 is 2.56 bits per heavy atom. The van der Waals surface area contributed by atoms with Crippen molar-refractivity contribution < 1.29 is 5.11 Å². The van der Waals surface area contributed by atoms with Gasteiger partial charge in [0.05, 0.1) is 12.1 Å². The second-order valence-electron chi connectivity index (χ2n) is 5.73. The molecule has 2 nitrogen and oxygen atoms in total. The number of anilines is 1. The highest BCUT2D eigenvalue weighted by Crippen LogP contribution is 2.38. The summed E-state index contributed by atoms with van der Waals surface area (Å²) >= 11 is 5.89. The molecule has 0 bridgehead atoms. The fourth-order valence-electron chi connectivity index (χ4n) is 2.98. The van der Waals surface area contributed by atoms with E-state index in [1.54, 1.807) is 0 Å². The Hall–Kier alpha value is -0.730. The number of halogens is 1. The molecule has 3 unspecified atom stereocenters. The zero-order chi connectivity index (χ0) is 13.2.